The number of carbonyl (C=O) groups is 4. The van der Waals surface area contributed by atoms with Crippen molar-refractivity contribution in [2.24, 2.45) is 5.92 Å². The van der Waals surface area contributed by atoms with Gasteiger partial charge < -0.3 is 19.9 Å². The summed E-state index contributed by atoms with van der Waals surface area (Å²) in [6, 6.07) is 2.69. The predicted octanol–water partition coefficient (Wildman–Crippen LogP) is 3.10. The molecule has 208 valence electrons. The van der Waals surface area contributed by atoms with Gasteiger partial charge in [0, 0.05) is 33.2 Å². The molecular weight excluding hydrogens is 491 g/mol. The zero-order valence-electron chi connectivity index (χ0n) is 25.5. The van der Waals surface area contributed by atoms with E-state index in [0.717, 1.165) is 4.90 Å². The third kappa shape index (κ3) is 5.02. The number of ether oxygens (including phenoxy) is 1. The number of hydrogen-bond acceptors (Lipinski definition) is 5. The minimum absolute atomic E-state index is 0.131. The average molecular weight is 534 g/mol. The normalized spacial score (nSPS) is 25.8. The number of likely N-dealkylation sites (N-methyl/N-ethyl adjacent to an activating group) is 1. The predicted molar refractivity (Wildman–Crippen MR) is 139 cm³/mol. The molecule has 1 atom stereocenters. The number of amides is 5. The zero-order chi connectivity index (χ0) is 30.3. The molecule has 5 amide bonds. The highest BCUT2D eigenvalue weighted by Crippen LogP contribution is 2.41. The van der Waals surface area contributed by atoms with Crippen LogP contribution in [0.2, 0.25) is 0 Å². The first kappa shape index (κ1) is 24.1. The van der Waals surface area contributed by atoms with Gasteiger partial charge in [-0.25, -0.2) is 9.18 Å². The molecule has 2 saturated heterocycles. The lowest BCUT2D eigenvalue weighted by molar-refractivity contribution is -0.143. The number of methoxy groups -OCH3 is 1. The molecule has 1 aliphatic carbocycles. The molecule has 38 heavy (non-hydrogen) atoms. The van der Waals surface area contributed by atoms with E-state index in [0.29, 0.717) is 31.2 Å². The van der Waals surface area contributed by atoms with Crippen LogP contribution in [-0.4, -0.2) is 89.4 Å². The maximum atomic E-state index is 14.3. The molecule has 1 aromatic rings. The van der Waals surface area contributed by atoms with E-state index in [1.54, 1.807) is 36.6 Å². The molecule has 1 saturated carbocycles. The summed E-state index contributed by atoms with van der Waals surface area (Å²) < 4.78 is 41.6. The van der Waals surface area contributed by atoms with Gasteiger partial charge in [0.05, 0.1) is 15.8 Å². The van der Waals surface area contributed by atoms with Crippen molar-refractivity contribution >= 4 is 23.8 Å². The van der Waals surface area contributed by atoms with Gasteiger partial charge in [0.15, 0.2) is 0 Å². The Morgan fingerprint density at radius 2 is 1.82 bits per heavy atom. The number of carbonyl (C=O) groups excluding carboxylic acids is 4. The van der Waals surface area contributed by atoms with Crippen LogP contribution in [0, 0.1) is 18.7 Å². The standard InChI is InChI=1S/C28H39FN4O5/c1-17(2)23(30-24(34)21-16-18(3)6-11-22(21)29)25(35)32-14-12-28(13-15-32)26(36)31(4)27(37)33(28)19-7-9-20(38-5)10-8-19/h6,11,16-17,19-20,23H,7-10,12-15H2,1-5H3,(H,30,34)/t19?,20?,23-/m1/s1/i5D3. The van der Waals surface area contributed by atoms with Crippen LogP contribution in [0.4, 0.5) is 9.18 Å². The number of likely N-dealkylation sites (tertiary alicyclic amines) is 1. The summed E-state index contributed by atoms with van der Waals surface area (Å²) in [5.74, 6) is -2.25. The van der Waals surface area contributed by atoms with E-state index in [-0.39, 0.29) is 61.3 Å². The minimum atomic E-state index is -2.49. The summed E-state index contributed by atoms with van der Waals surface area (Å²) in [6.45, 7) is 5.75. The van der Waals surface area contributed by atoms with Gasteiger partial charge in [-0.05, 0) is 63.5 Å². The maximum absolute atomic E-state index is 14.3. The van der Waals surface area contributed by atoms with Crippen LogP contribution >= 0.6 is 0 Å². The van der Waals surface area contributed by atoms with Gasteiger partial charge in [-0.3, -0.25) is 19.3 Å². The van der Waals surface area contributed by atoms with Gasteiger partial charge in [0.2, 0.25) is 5.91 Å². The van der Waals surface area contributed by atoms with Crippen LogP contribution in [0.5, 0.6) is 0 Å². The van der Waals surface area contributed by atoms with Crippen LogP contribution in [0.3, 0.4) is 0 Å². The SMILES string of the molecule is [2H]C([2H])([2H])OC1CCC(N2C(=O)N(C)C(=O)C23CCN(C(=O)[C@H](NC(=O)c2cc(C)ccc2F)C(C)C)CC3)CC1. The first-order valence-corrected chi connectivity index (χ1v) is 13.3. The molecule has 1 aromatic carbocycles. The van der Waals surface area contributed by atoms with Crippen LogP contribution in [0.25, 0.3) is 0 Å². The molecule has 0 bridgehead atoms. The number of aryl methyl sites for hydroxylation is 1. The van der Waals surface area contributed by atoms with Crippen molar-refractivity contribution < 1.29 is 32.4 Å². The van der Waals surface area contributed by atoms with Gasteiger partial charge in [0.1, 0.15) is 17.4 Å². The molecule has 2 heterocycles. The Bertz CT molecular complexity index is 1190. The number of hydrogen-bond donors (Lipinski definition) is 1. The van der Waals surface area contributed by atoms with Crippen LogP contribution in [0.15, 0.2) is 18.2 Å². The van der Waals surface area contributed by atoms with Crippen molar-refractivity contribution in [2.75, 3.05) is 27.2 Å². The van der Waals surface area contributed by atoms with Gasteiger partial charge in [-0.1, -0.05) is 25.5 Å². The fourth-order valence-corrected chi connectivity index (χ4v) is 6.07. The largest absolute Gasteiger partial charge is 0.381 e. The number of halogens is 1. The Morgan fingerprint density at radius 3 is 2.42 bits per heavy atom. The summed E-state index contributed by atoms with van der Waals surface area (Å²) in [5.41, 5.74) is -0.505. The molecule has 0 aromatic heterocycles. The summed E-state index contributed by atoms with van der Waals surface area (Å²) in [4.78, 5) is 57.6. The van der Waals surface area contributed by atoms with Crippen molar-refractivity contribution in [3.8, 4) is 0 Å². The molecule has 3 aliphatic rings. The van der Waals surface area contributed by atoms with Gasteiger partial charge in [-0.2, -0.15) is 0 Å². The molecule has 0 radical (unpaired) electrons. The number of rotatable bonds is 6. The Labute approximate surface area is 227 Å². The third-order valence-corrected chi connectivity index (χ3v) is 8.32. The quantitative estimate of drug-likeness (QED) is 0.567. The minimum Gasteiger partial charge on any atom is -0.381 e. The molecular formula is C28H39FN4O5. The Morgan fingerprint density at radius 1 is 1.16 bits per heavy atom. The van der Waals surface area contributed by atoms with E-state index in [2.05, 4.69) is 5.32 Å². The maximum Gasteiger partial charge on any atom is 0.327 e. The van der Waals surface area contributed by atoms with E-state index in [9.17, 15) is 23.6 Å². The lowest BCUT2D eigenvalue weighted by Crippen LogP contribution is -2.62. The van der Waals surface area contributed by atoms with Crippen molar-refractivity contribution in [3.05, 3.63) is 35.1 Å². The summed E-state index contributed by atoms with van der Waals surface area (Å²) in [7, 11) is -1.03. The highest BCUT2D eigenvalue weighted by molar-refractivity contribution is 6.07. The highest BCUT2D eigenvalue weighted by atomic mass is 19.1. The molecule has 2 aliphatic heterocycles. The molecule has 3 fully saturated rings. The van der Waals surface area contributed by atoms with E-state index >= 15 is 0 Å². The second-order valence-corrected chi connectivity index (χ2v) is 11.1. The molecule has 0 unspecified atom stereocenters. The fourth-order valence-electron chi connectivity index (χ4n) is 6.07. The van der Waals surface area contributed by atoms with Crippen molar-refractivity contribution in [2.45, 2.75) is 83.0 Å². The molecule has 10 heteroatoms. The monoisotopic (exact) mass is 533 g/mol. The molecule has 1 N–H and O–H groups in total. The number of urea groups is 1. The third-order valence-electron chi connectivity index (χ3n) is 8.32. The van der Waals surface area contributed by atoms with Crippen molar-refractivity contribution in [1.82, 2.24) is 20.0 Å². The molecule has 9 nitrogen and oxygen atoms in total. The van der Waals surface area contributed by atoms with Crippen LogP contribution < -0.4 is 5.32 Å². The highest BCUT2D eigenvalue weighted by Gasteiger charge is 2.59. The summed E-state index contributed by atoms with van der Waals surface area (Å²) >= 11 is 0. The Balaban J connectivity index is 1.45. The van der Waals surface area contributed by atoms with Crippen molar-refractivity contribution in [1.29, 1.82) is 0 Å². The van der Waals surface area contributed by atoms with Crippen molar-refractivity contribution in [3.63, 3.8) is 0 Å². The van der Waals surface area contributed by atoms with Gasteiger partial charge >= 0.3 is 6.03 Å². The number of nitrogens with zero attached hydrogens (tertiary/aromatic N) is 3. The Hall–Kier alpha value is -3.01. The van der Waals surface area contributed by atoms with E-state index in [1.165, 1.54) is 19.2 Å². The van der Waals surface area contributed by atoms with Crippen LogP contribution in [-0.2, 0) is 14.3 Å². The zero-order valence-corrected chi connectivity index (χ0v) is 22.5. The fraction of sp³-hybridized carbons (Fsp3) is 0.643. The first-order chi connectivity index (χ1) is 19.1. The number of benzene rings is 1. The van der Waals surface area contributed by atoms with E-state index in [4.69, 9.17) is 8.85 Å². The van der Waals surface area contributed by atoms with Gasteiger partial charge in [0.25, 0.3) is 11.8 Å². The van der Waals surface area contributed by atoms with E-state index in [1.807, 2.05) is 0 Å². The molecule has 4 rings (SSSR count). The topological polar surface area (TPSA) is 99.3 Å². The van der Waals surface area contributed by atoms with Gasteiger partial charge in [-0.15, -0.1) is 0 Å². The Kier molecular flexibility index (Phi) is 6.96. The summed E-state index contributed by atoms with van der Waals surface area (Å²) in [5, 5.41) is 2.70. The average Bonchev–Trinajstić information content (AvgIpc) is 3.08. The number of imide groups is 1. The smallest absolute Gasteiger partial charge is 0.327 e. The second kappa shape index (κ2) is 11.0. The second-order valence-electron chi connectivity index (χ2n) is 11.1. The molecule has 1 spiro atoms. The summed E-state index contributed by atoms with van der Waals surface area (Å²) in [6.07, 6.45) is 1.99. The lowest BCUT2D eigenvalue weighted by atomic mass is 9.82. The first-order valence-electron chi connectivity index (χ1n) is 14.8. The number of piperidine rings is 1. The number of nitrogens with one attached hydrogen (secondary N) is 1. The van der Waals surface area contributed by atoms with E-state index < -0.39 is 36.4 Å². The lowest BCUT2D eigenvalue weighted by Gasteiger charge is -2.47. The van der Waals surface area contributed by atoms with Crippen LogP contribution in [0.1, 0.15) is 72.4 Å².